The van der Waals surface area contributed by atoms with Gasteiger partial charge in [-0.05, 0) is 32.5 Å². The van der Waals surface area contributed by atoms with Crippen LogP contribution in [-0.4, -0.2) is 16.5 Å². The molecule has 20 heavy (non-hydrogen) atoms. The molecule has 1 atom stereocenters. The Balaban J connectivity index is 2.02. The monoisotopic (exact) mass is 287 g/mol. The standard InChI is InChI=1S/C16H21N3S/c1-4-17-12(2)15-10-18-16(19-13(15)3)11-20-14-8-6-5-7-9-14/h5-10,12,17H,4,11H2,1-3H3. The number of rotatable bonds is 6. The van der Waals surface area contributed by atoms with Gasteiger partial charge in [0, 0.05) is 28.4 Å². The fraction of sp³-hybridized carbons (Fsp3) is 0.375. The lowest BCUT2D eigenvalue weighted by molar-refractivity contribution is 0.589. The van der Waals surface area contributed by atoms with Crippen molar-refractivity contribution in [1.29, 1.82) is 0 Å². The van der Waals surface area contributed by atoms with Crippen LogP contribution in [0.2, 0.25) is 0 Å². The summed E-state index contributed by atoms with van der Waals surface area (Å²) in [6.45, 7) is 7.26. The summed E-state index contributed by atoms with van der Waals surface area (Å²) in [5.41, 5.74) is 2.25. The summed E-state index contributed by atoms with van der Waals surface area (Å²) in [4.78, 5) is 10.4. The number of hydrogen-bond acceptors (Lipinski definition) is 4. The third-order valence-electron chi connectivity index (χ3n) is 3.16. The number of nitrogens with zero attached hydrogens (tertiary/aromatic N) is 2. The summed E-state index contributed by atoms with van der Waals surface area (Å²) < 4.78 is 0. The van der Waals surface area contributed by atoms with Crippen LogP contribution in [0.1, 0.15) is 37.0 Å². The van der Waals surface area contributed by atoms with Gasteiger partial charge in [0.15, 0.2) is 0 Å². The van der Waals surface area contributed by atoms with Crippen molar-refractivity contribution in [2.24, 2.45) is 0 Å². The maximum atomic E-state index is 4.62. The minimum absolute atomic E-state index is 0.302. The molecule has 0 aliphatic heterocycles. The summed E-state index contributed by atoms with van der Waals surface area (Å²) >= 11 is 1.77. The van der Waals surface area contributed by atoms with E-state index in [2.05, 4.69) is 60.3 Å². The summed E-state index contributed by atoms with van der Waals surface area (Å²) in [5, 5.41) is 3.39. The number of aromatic nitrogens is 2. The molecule has 1 aromatic heterocycles. The van der Waals surface area contributed by atoms with Crippen LogP contribution in [-0.2, 0) is 5.75 Å². The van der Waals surface area contributed by atoms with Gasteiger partial charge in [-0.1, -0.05) is 25.1 Å². The Labute approximate surface area is 125 Å². The Hall–Kier alpha value is -1.39. The first-order valence-electron chi connectivity index (χ1n) is 6.94. The Bertz CT molecular complexity index is 543. The molecule has 0 aliphatic carbocycles. The molecule has 0 saturated heterocycles. The van der Waals surface area contributed by atoms with Crippen molar-refractivity contribution >= 4 is 11.8 Å². The van der Waals surface area contributed by atoms with Gasteiger partial charge in [-0.3, -0.25) is 0 Å². The molecular weight excluding hydrogens is 266 g/mol. The van der Waals surface area contributed by atoms with Crippen molar-refractivity contribution < 1.29 is 0 Å². The number of aryl methyl sites for hydroxylation is 1. The lowest BCUT2D eigenvalue weighted by Crippen LogP contribution is -2.19. The zero-order chi connectivity index (χ0) is 14.4. The van der Waals surface area contributed by atoms with E-state index in [1.165, 1.54) is 10.5 Å². The van der Waals surface area contributed by atoms with E-state index in [-0.39, 0.29) is 0 Å². The topological polar surface area (TPSA) is 37.8 Å². The van der Waals surface area contributed by atoms with Gasteiger partial charge >= 0.3 is 0 Å². The van der Waals surface area contributed by atoms with Gasteiger partial charge in [0.25, 0.3) is 0 Å². The minimum Gasteiger partial charge on any atom is -0.310 e. The number of benzene rings is 1. The van der Waals surface area contributed by atoms with Crippen molar-refractivity contribution in [1.82, 2.24) is 15.3 Å². The molecule has 0 saturated carbocycles. The van der Waals surface area contributed by atoms with Crippen molar-refractivity contribution in [2.75, 3.05) is 6.54 Å². The molecule has 4 heteroatoms. The maximum absolute atomic E-state index is 4.62. The second-order valence-corrected chi connectivity index (χ2v) is 5.76. The average molecular weight is 287 g/mol. The molecular formula is C16H21N3S. The normalized spacial score (nSPS) is 12.3. The Morgan fingerprint density at radius 3 is 2.65 bits per heavy atom. The molecule has 2 aromatic rings. The molecule has 106 valence electrons. The van der Waals surface area contributed by atoms with E-state index in [0.29, 0.717) is 6.04 Å². The van der Waals surface area contributed by atoms with E-state index in [0.717, 1.165) is 23.8 Å². The number of hydrogen-bond donors (Lipinski definition) is 1. The van der Waals surface area contributed by atoms with Crippen molar-refractivity contribution in [2.45, 2.75) is 37.5 Å². The average Bonchev–Trinajstić information content (AvgIpc) is 2.46. The van der Waals surface area contributed by atoms with E-state index in [9.17, 15) is 0 Å². The molecule has 3 nitrogen and oxygen atoms in total. The Morgan fingerprint density at radius 1 is 1.25 bits per heavy atom. The third kappa shape index (κ3) is 4.05. The van der Waals surface area contributed by atoms with Crippen molar-refractivity contribution in [3.63, 3.8) is 0 Å². The predicted octanol–water partition coefficient (Wildman–Crippen LogP) is 3.75. The largest absolute Gasteiger partial charge is 0.310 e. The summed E-state index contributed by atoms with van der Waals surface area (Å²) in [7, 11) is 0. The van der Waals surface area contributed by atoms with Gasteiger partial charge in [0.2, 0.25) is 0 Å². The molecule has 0 aliphatic rings. The quantitative estimate of drug-likeness (QED) is 0.821. The number of nitrogens with one attached hydrogen (secondary N) is 1. The highest BCUT2D eigenvalue weighted by Crippen LogP contribution is 2.22. The molecule has 0 radical (unpaired) electrons. The van der Waals surface area contributed by atoms with E-state index in [4.69, 9.17) is 0 Å². The number of thioether (sulfide) groups is 1. The van der Waals surface area contributed by atoms with Crippen LogP contribution in [0.3, 0.4) is 0 Å². The van der Waals surface area contributed by atoms with Crippen molar-refractivity contribution in [3.05, 3.63) is 53.6 Å². The van der Waals surface area contributed by atoms with E-state index in [1.807, 2.05) is 12.3 Å². The summed E-state index contributed by atoms with van der Waals surface area (Å²) in [6, 6.07) is 10.7. The predicted molar refractivity (Wildman–Crippen MR) is 84.9 cm³/mol. The zero-order valence-electron chi connectivity index (χ0n) is 12.3. The zero-order valence-corrected chi connectivity index (χ0v) is 13.1. The smallest absolute Gasteiger partial charge is 0.138 e. The minimum atomic E-state index is 0.302. The highest BCUT2D eigenvalue weighted by atomic mass is 32.2. The maximum Gasteiger partial charge on any atom is 0.138 e. The van der Waals surface area contributed by atoms with E-state index in [1.54, 1.807) is 11.8 Å². The third-order valence-corrected chi connectivity index (χ3v) is 4.16. The van der Waals surface area contributed by atoms with Crippen LogP contribution >= 0.6 is 11.8 Å². The molecule has 0 spiro atoms. The molecule has 1 unspecified atom stereocenters. The molecule has 0 bridgehead atoms. The molecule has 1 heterocycles. The SMILES string of the molecule is CCNC(C)c1cnc(CSc2ccccc2)nc1C. The second kappa shape index (κ2) is 7.41. The highest BCUT2D eigenvalue weighted by Gasteiger charge is 2.10. The van der Waals surface area contributed by atoms with Crippen molar-refractivity contribution in [3.8, 4) is 0 Å². The van der Waals surface area contributed by atoms with E-state index < -0.39 is 0 Å². The summed E-state index contributed by atoms with van der Waals surface area (Å²) in [6.07, 6.45) is 1.95. The lowest BCUT2D eigenvalue weighted by atomic mass is 10.1. The molecule has 0 amide bonds. The van der Waals surface area contributed by atoms with Crippen LogP contribution < -0.4 is 5.32 Å². The van der Waals surface area contributed by atoms with Gasteiger partial charge in [-0.25, -0.2) is 9.97 Å². The second-order valence-electron chi connectivity index (χ2n) is 4.71. The van der Waals surface area contributed by atoms with Gasteiger partial charge in [0.1, 0.15) is 5.82 Å². The first-order valence-corrected chi connectivity index (χ1v) is 7.93. The fourth-order valence-corrected chi connectivity index (χ4v) is 2.88. The first-order chi connectivity index (χ1) is 9.70. The van der Waals surface area contributed by atoms with Crippen LogP contribution in [0.15, 0.2) is 41.4 Å². The van der Waals surface area contributed by atoms with Gasteiger partial charge in [-0.2, -0.15) is 0 Å². The fourth-order valence-electron chi connectivity index (χ4n) is 2.10. The highest BCUT2D eigenvalue weighted by molar-refractivity contribution is 7.98. The van der Waals surface area contributed by atoms with Crippen LogP contribution in [0.4, 0.5) is 0 Å². The van der Waals surface area contributed by atoms with Gasteiger partial charge < -0.3 is 5.32 Å². The lowest BCUT2D eigenvalue weighted by Gasteiger charge is -2.14. The van der Waals surface area contributed by atoms with Crippen LogP contribution in [0, 0.1) is 6.92 Å². The molecule has 1 N–H and O–H groups in total. The van der Waals surface area contributed by atoms with E-state index >= 15 is 0 Å². The first kappa shape index (κ1) is 15.0. The molecule has 0 fully saturated rings. The Morgan fingerprint density at radius 2 is 2.00 bits per heavy atom. The van der Waals surface area contributed by atoms with Gasteiger partial charge in [0.05, 0.1) is 5.75 Å². The molecule has 1 aromatic carbocycles. The molecule has 2 rings (SSSR count). The van der Waals surface area contributed by atoms with Crippen LogP contribution in [0.5, 0.6) is 0 Å². The van der Waals surface area contributed by atoms with Crippen LogP contribution in [0.25, 0.3) is 0 Å². The summed E-state index contributed by atoms with van der Waals surface area (Å²) in [5.74, 6) is 1.70. The van der Waals surface area contributed by atoms with Gasteiger partial charge in [-0.15, -0.1) is 11.8 Å². The Kier molecular flexibility index (Phi) is 5.56.